The molecule has 0 bridgehead atoms. The Morgan fingerprint density at radius 3 is 1.00 bits per heavy atom. The van der Waals surface area contributed by atoms with Crippen molar-refractivity contribution in [2.24, 2.45) is 0 Å². The predicted molar refractivity (Wildman–Crippen MR) is 33.7 cm³/mol. The molecule has 0 N–H and O–H groups in total. The van der Waals surface area contributed by atoms with E-state index in [-0.39, 0.29) is 13.5 Å². The van der Waals surface area contributed by atoms with E-state index in [1.54, 1.807) is 0 Å². The van der Waals surface area contributed by atoms with Gasteiger partial charge in [-0.15, -0.1) is 0 Å². The van der Waals surface area contributed by atoms with E-state index in [0.29, 0.717) is 0 Å². The van der Waals surface area contributed by atoms with Gasteiger partial charge in [0.25, 0.3) is 0 Å². The Morgan fingerprint density at radius 1 is 1.00 bits per heavy atom. The molecule has 0 saturated carbocycles. The molecule has 0 radical (unpaired) electrons. The summed E-state index contributed by atoms with van der Waals surface area (Å²) in [5.74, 6) is 0. The predicted octanol–water partition coefficient (Wildman–Crippen LogP) is 1.80. The fraction of sp³-hybridized carbons (Fsp3) is 0. The first-order valence-electron chi connectivity index (χ1n) is 0.655. The highest BCUT2D eigenvalue weighted by Gasteiger charge is 2.00. The molecule has 0 saturated heterocycles. The van der Waals surface area contributed by atoms with Gasteiger partial charge < -0.3 is 0 Å². The van der Waals surface area contributed by atoms with Crippen molar-refractivity contribution >= 4 is 55.0 Å². The smallest absolute Gasteiger partial charge is 0.214 e. The standard InChI is InChI=1S/Al.3ClH.H2S/h;3*1H;1H2/q+3;;;;/p-3. The van der Waals surface area contributed by atoms with Crippen molar-refractivity contribution in [3.63, 3.8) is 0 Å². The van der Waals surface area contributed by atoms with Gasteiger partial charge in [-0.2, -0.15) is 13.5 Å². The summed E-state index contributed by atoms with van der Waals surface area (Å²) in [4.78, 5) is 0. The molecule has 0 fully saturated rings. The van der Waals surface area contributed by atoms with Gasteiger partial charge in [-0.3, -0.25) is 0 Å². The maximum absolute atomic E-state index is 4.94. The van der Waals surface area contributed by atoms with Crippen molar-refractivity contribution in [3.8, 4) is 0 Å². The normalized spacial score (nSPS) is 5.40. The second-order valence-corrected chi connectivity index (χ2v) is 6.68. The lowest BCUT2D eigenvalue weighted by Crippen LogP contribution is -1.66. The van der Waals surface area contributed by atoms with E-state index in [1.165, 1.54) is 0 Å². The van der Waals surface area contributed by atoms with Gasteiger partial charge >= 0.3 is 11.4 Å². The molecule has 0 amide bonds. The van der Waals surface area contributed by atoms with Crippen molar-refractivity contribution in [1.29, 1.82) is 0 Å². The molecule has 0 nitrogen and oxygen atoms in total. The van der Waals surface area contributed by atoms with Crippen molar-refractivity contribution in [2.75, 3.05) is 0 Å². The molecule has 5 heteroatoms. The minimum atomic E-state index is -1.72. The number of halogens is 3. The molecule has 5 heavy (non-hydrogen) atoms. The van der Waals surface area contributed by atoms with E-state index in [9.17, 15) is 0 Å². The number of rotatable bonds is 0. The zero-order valence-electron chi connectivity index (χ0n) is 2.21. The molecule has 0 atom stereocenters. The molecular formula is H2AlCl3S. The molecule has 0 heterocycles. The summed E-state index contributed by atoms with van der Waals surface area (Å²) in [5.41, 5.74) is 0. The fourth-order valence-corrected chi connectivity index (χ4v) is 0. The Bertz CT molecular complexity index is 11.6. The summed E-state index contributed by atoms with van der Waals surface area (Å²) in [6.45, 7) is 0. The molecular weight excluding hydrogens is 165 g/mol. The molecule has 0 unspecified atom stereocenters. The van der Waals surface area contributed by atoms with Crippen molar-refractivity contribution in [1.82, 2.24) is 0 Å². The van der Waals surface area contributed by atoms with Crippen molar-refractivity contribution in [2.45, 2.75) is 0 Å². The van der Waals surface area contributed by atoms with Crippen LogP contribution in [0.25, 0.3) is 0 Å². The Labute approximate surface area is 54.8 Å². The lowest BCUT2D eigenvalue weighted by Gasteiger charge is -1.57. The third-order valence-electron chi connectivity index (χ3n) is 0. The van der Waals surface area contributed by atoms with Gasteiger partial charge in [0.1, 0.15) is 0 Å². The first-order chi connectivity index (χ1) is 1.73. The minimum absolute atomic E-state index is 0. The Morgan fingerprint density at radius 2 is 1.00 bits per heavy atom. The summed E-state index contributed by atoms with van der Waals surface area (Å²) >= 11 is -1.72. The summed E-state index contributed by atoms with van der Waals surface area (Å²) in [5, 5.41) is 0. The third-order valence-corrected chi connectivity index (χ3v) is 0. The monoisotopic (exact) mass is 166 g/mol. The van der Waals surface area contributed by atoms with Gasteiger partial charge in [-0.05, 0) is 0 Å². The zero-order chi connectivity index (χ0) is 3.58. The van der Waals surface area contributed by atoms with Gasteiger partial charge in [0, 0.05) is 0 Å². The molecule has 0 aliphatic heterocycles. The van der Waals surface area contributed by atoms with Crippen LogP contribution in [0.3, 0.4) is 0 Å². The van der Waals surface area contributed by atoms with E-state index in [2.05, 4.69) is 0 Å². The fourth-order valence-electron chi connectivity index (χ4n) is 0. The van der Waals surface area contributed by atoms with Crippen molar-refractivity contribution < 1.29 is 0 Å². The van der Waals surface area contributed by atoms with Gasteiger partial charge in [0.05, 0.1) is 0 Å². The molecule has 0 aromatic heterocycles. The number of hydrogen-bond donors (Lipinski definition) is 0. The Kier molecular flexibility index (Phi) is 11.4. The van der Waals surface area contributed by atoms with E-state index in [0.717, 1.165) is 0 Å². The van der Waals surface area contributed by atoms with Gasteiger partial charge in [0.15, 0.2) is 0 Å². The van der Waals surface area contributed by atoms with E-state index < -0.39 is 11.4 Å². The van der Waals surface area contributed by atoms with E-state index in [1.807, 2.05) is 0 Å². The van der Waals surface area contributed by atoms with Crippen LogP contribution in [0.1, 0.15) is 0 Å². The maximum Gasteiger partial charge on any atom is 0.643 e. The first kappa shape index (κ1) is 9.89. The SMILES string of the molecule is S.[Cl][Al]([Cl])[Cl]. The first-order valence-corrected chi connectivity index (χ1v) is 5.89. The molecule has 0 aliphatic carbocycles. The van der Waals surface area contributed by atoms with Crippen LogP contribution in [0.2, 0.25) is 0 Å². The molecule has 32 valence electrons. The van der Waals surface area contributed by atoms with Crippen LogP contribution in [0.5, 0.6) is 0 Å². The van der Waals surface area contributed by atoms with Crippen LogP contribution in [0.15, 0.2) is 0 Å². The van der Waals surface area contributed by atoms with Crippen molar-refractivity contribution in [3.05, 3.63) is 0 Å². The Hall–Kier alpha value is 1.75. The van der Waals surface area contributed by atoms with Crippen LogP contribution < -0.4 is 0 Å². The maximum atomic E-state index is 4.94. The average Bonchev–Trinajstić information content (AvgIpc) is 0.811. The summed E-state index contributed by atoms with van der Waals surface area (Å²) in [6, 6.07) is 0. The highest BCUT2D eigenvalue weighted by Crippen LogP contribution is 1.97. The largest absolute Gasteiger partial charge is 0.643 e. The van der Waals surface area contributed by atoms with E-state index >= 15 is 0 Å². The second-order valence-electron chi connectivity index (χ2n) is 0.247. The molecule has 0 aromatic carbocycles. The van der Waals surface area contributed by atoms with E-state index in [4.69, 9.17) is 30.1 Å². The zero-order valence-corrected chi connectivity index (χ0v) is 6.63. The molecule has 0 aromatic rings. The van der Waals surface area contributed by atoms with Crippen LogP contribution in [-0.4, -0.2) is 11.4 Å². The lowest BCUT2D eigenvalue weighted by molar-refractivity contribution is 4.07. The summed E-state index contributed by atoms with van der Waals surface area (Å²) in [7, 11) is 14.8. The van der Waals surface area contributed by atoms with Gasteiger partial charge in [-0.1, -0.05) is 0 Å². The van der Waals surface area contributed by atoms with Crippen LogP contribution in [0, 0.1) is 0 Å². The Balaban J connectivity index is 0. The highest BCUT2D eigenvalue weighted by atomic mass is 35.8. The second kappa shape index (κ2) is 5.75. The lowest BCUT2D eigenvalue weighted by atomic mass is 26.6. The van der Waals surface area contributed by atoms with Gasteiger partial charge in [0.2, 0.25) is 0 Å². The molecule has 0 rings (SSSR count). The topological polar surface area (TPSA) is 0 Å². The van der Waals surface area contributed by atoms with Crippen LogP contribution in [-0.2, 0) is 0 Å². The quantitative estimate of drug-likeness (QED) is 0.483. The number of hydrogen-bond acceptors (Lipinski definition) is 0. The summed E-state index contributed by atoms with van der Waals surface area (Å²) < 4.78 is 0. The average molecular weight is 167 g/mol. The third kappa shape index (κ3) is 26.4. The summed E-state index contributed by atoms with van der Waals surface area (Å²) in [6.07, 6.45) is 0. The molecule has 0 spiro atoms. The van der Waals surface area contributed by atoms with Gasteiger partial charge in [-0.25, -0.2) is 30.1 Å². The molecule has 0 aliphatic rings. The van der Waals surface area contributed by atoms with Crippen LogP contribution in [0.4, 0.5) is 0 Å². The highest BCUT2D eigenvalue weighted by molar-refractivity contribution is 7.59. The van der Waals surface area contributed by atoms with Crippen LogP contribution >= 0.6 is 43.6 Å². The minimum Gasteiger partial charge on any atom is -0.214 e.